The van der Waals surface area contributed by atoms with Gasteiger partial charge in [-0.1, -0.05) is 26.8 Å². The van der Waals surface area contributed by atoms with Crippen LogP contribution in [0.3, 0.4) is 0 Å². The van der Waals surface area contributed by atoms with E-state index in [1.165, 1.54) is 0 Å². The zero-order valence-electron chi connectivity index (χ0n) is 14.0. The molecule has 1 fully saturated rings. The molecule has 0 saturated carbocycles. The molecule has 0 unspecified atom stereocenters. The van der Waals surface area contributed by atoms with Crippen LogP contribution in [0.2, 0.25) is 0 Å². The molecular weight excluding hydrogens is 290 g/mol. The Hall–Kier alpha value is -2.22. The summed E-state index contributed by atoms with van der Waals surface area (Å²) in [5.41, 5.74) is 0.0277. The molecule has 0 bridgehead atoms. The van der Waals surface area contributed by atoms with Crippen LogP contribution in [0, 0.1) is 22.7 Å². The second-order valence-corrected chi connectivity index (χ2v) is 7.06. The van der Waals surface area contributed by atoms with Crippen molar-refractivity contribution >= 4 is 11.7 Å². The van der Waals surface area contributed by atoms with Crippen molar-refractivity contribution in [3.63, 3.8) is 0 Å². The summed E-state index contributed by atoms with van der Waals surface area (Å²) in [6.45, 7) is 6.73. The Morgan fingerprint density at radius 2 is 2.13 bits per heavy atom. The molecule has 0 N–H and O–H groups in total. The number of carbonyl (C=O) groups excluding carboxylic acids is 2. The monoisotopic (exact) mass is 313 g/mol. The van der Waals surface area contributed by atoms with Gasteiger partial charge in [-0.15, -0.1) is 0 Å². The number of likely N-dealkylation sites (tertiary alicyclic amines) is 1. The highest BCUT2D eigenvalue weighted by atomic mass is 16.2. The molecule has 0 radical (unpaired) electrons. The molecule has 2 heterocycles. The van der Waals surface area contributed by atoms with Crippen LogP contribution >= 0.6 is 0 Å². The van der Waals surface area contributed by atoms with Gasteiger partial charge in [-0.05, 0) is 25.0 Å². The van der Waals surface area contributed by atoms with Crippen molar-refractivity contribution in [1.82, 2.24) is 9.88 Å². The molecule has 2 atom stereocenters. The van der Waals surface area contributed by atoms with E-state index in [1.807, 2.05) is 20.8 Å². The average Bonchev–Trinajstić information content (AvgIpc) is 2.55. The van der Waals surface area contributed by atoms with Crippen molar-refractivity contribution in [1.29, 1.82) is 5.26 Å². The Morgan fingerprint density at radius 1 is 1.39 bits per heavy atom. The van der Waals surface area contributed by atoms with Crippen molar-refractivity contribution in [3.8, 4) is 6.07 Å². The number of hydrogen-bond donors (Lipinski definition) is 0. The van der Waals surface area contributed by atoms with Crippen molar-refractivity contribution in [2.75, 3.05) is 13.1 Å². The maximum Gasteiger partial charge on any atom is 0.227 e. The van der Waals surface area contributed by atoms with E-state index in [2.05, 4.69) is 11.1 Å². The molecule has 1 amide bonds. The first-order valence-electron chi connectivity index (χ1n) is 7.98. The van der Waals surface area contributed by atoms with Crippen molar-refractivity contribution in [2.24, 2.45) is 11.3 Å². The summed E-state index contributed by atoms with van der Waals surface area (Å²) in [5, 5.41) is 9.39. The SMILES string of the molecule is CC(C)(C)C(=O)N1CCC[C@@H](C(=O)[C@@H](C#N)c2ccccn2)C1. The third-order valence-electron chi connectivity index (χ3n) is 4.15. The van der Waals surface area contributed by atoms with Gasteiger partial charge in [0, 0.05) is 30.6 Å². The van der Waals surface area contributed by atoms with Gasteiger partial charge >= 0.3 is 0 Å². The van der Waals surface area contributed by atoms with E-state index in [0.717, 1.165) is 12.8 Å². The van der Waals surface area contributed by atoms with Crippen molar-refractivity contribution in [3.05, 3.63) is 30.1 Å². The highest BCUT2D eigenvalue weighted by Gasteiger charge is 2.36. The normalized spacial score (nSPS) is 19.7. The Bertz CT molecular complexity index is 613. The highest BCUT2D eigenvalue weighted by Crippen LogP contribution is 2.27. The lowest BCUT2D eigenvalue weighted by molar-refractivity contribution is -0.142. The highest BCUT2D eigenvalue weighted by molar-refractivity contribution is 5.91. The van der Waals surface area contributed by atoms with E-state index in [9.17, 15) is 14.9 Å². The fraction of sp³-hybridized carbons (Fsp3) is 0.556. The number of amides is 1. The second kappa shape index (κ2) is 6.91. The number of aromatic nitrogens is 1. The van der Waals surface area contributed by atoms with Crippen LogP contribution in [-0.4, -0.2) is 34.7 Å². The predicted molar refractivity (Wildman–Crippen MR) is 86.4 cm³/mol. The van der Waals surface area contributed by atoms with Crippen LogP contribution in [0.25, 0.3) is 0 Å². The van der Waals surface area contributed by atoms with Gasteiger partial charge in [0.25, 0.3) is 0 Å². The third-order valence-corrected chi connectivity index (χ3v) is 4.15. The number of Topliss-reactive ketones (excluding diaryl/α,β-unsaturated/α-hetero) is 1. The summed E-state index contributed by atoms with van der Waals surface area (Å²) in [6, 6.07) is 7.31. The first-order valence-corrected chi connectivity index (χ1v) is 7.98. The molecule has 1 aromatic heterocycles. The molecule has 1 aliphatic heterocycles. The smallest absolute Gasteiger partial charge is 0.227 e. The number of carbonyl (C=O) groups is 2. The Balaban J connectivity index is 2.13. The molecule has 122 valence electrons. The Morgan fingerprint density at radius 3 is 2.70 bits per heavy atom. The summed E-state index contributed by atoms with van der Waals surface area (Å²) < 4.78 is 0. The van der Waals surface area contributed by atoms with Gasteiger partial charge in [-0.25, -0.2) is 0 Å². The maximum absolute atomic E-state index is 12.7. The van der Waals surface area contributed by atoms with Gasteiger partial charge in [0.15, 0.2) is 5.78 Å². The van der Waals surface area contributed by atoms with E-state index in [0.29, 0.717) is 18.8 Å². The second-order valence-electron chi connectivity index (χ2n) is 7.06. The Labute approximate surface area is 137 Å². The zero-order chi connectivity index (χ0) is 17.0. The number of nitriles is 1. The quantitative estimate of drug-likeness (QED) is 0.859. The van der Waals surface area contributed by atoms with Crippen LogP contribution in [0.15, 0.2) is 24.4 Å². The average molecular weight is 313 g/mol. The molecule has 0 aliphatic carbocycles. The molecule has 0 spiro atoms. The van der Waals surface area contributed by atoms with Gasteiger partial charge in [-0.2, -0.15) is 5.26 Å². The van der Waals surface area contributed by atoms with E-state index in [-0.39, 0.29) is 17.6 Å². The summed E-state index contributed by atoms with van der Waals surface area (Å²) in [4.78, 5) is 31.1. The van der Waals surface area contributed by atoms with Crippen LogP contribution in [0.1, 0.15) is 45.2 Å². The minimum atomic E-state index is -0.856. The van der Waals surface area contributed by atoms with Gasteiger partial charge in [-0.3, -0.25) is 14.6 Å². The number of nitrogens with zero attached hydrogens (tertiary/aromatic N) is 3. The van der Waals surface area contributed by atoms with Crippen LogP contribution in [-0.2, 0) is 9.59 Å². The number of hydrogen-bond acceptors (Lipinski definition) is 4. The third kappa shape index (κ3) is 3.95. The van der Waals surface area contributed by atoms with Crippen LogP contribution in [0.5, 0.6) is 0 Å². The summed E-state index contributed by atoms with van der Waals surface area (Å²) >= 11 is 0. The summed E-state index contributed by atoms with van der Waals surface area (Å²) in [6.07, 6.45) is 3.10. The summed E-state index contributed by atoms with van der Waals surface area (Å²) in [5.74, 6) is -1.22. The fourth-order valence-corrected chi connectivity index (χ4v) is 2.93. The lowest BCUT2D eigenvalue weighted by Crippen LogP contribution is -2.47. The largest absolute Gasteiger partial charge is 0.342 e. The molecule has 23 heavy (non-hydrogen) atoms. The minimum Gasteiger partial charge on any atom is -0.342 e. The maximum atomic E-state index is 12.7. The lowest BCUT2D eigenvalue weighted by Gasteiger charge is -2.36. The van der Waals surface area contributed by atoms with Crippen LogP contribution < -0.4 is 0 Å². The molecule has 5 heteroatoms. The molecule has 1 aliphatic rings. The first-order chi connectivity index (χ1) is 10.8. The molecular formula is C18H23N3O2. The van der Waals surface area contributed by atoms with Gasteiger partial charge in [0.05, 0.1) is 11.8 Å². The molecule has 2 rings (SSSR count). The minimum absolute atomic E-state index is 0.0568. The standard InChI is InChI=1S/C18H23N3O2/c1-18(2,3)17(23)21-10-6-7-13(12-21)16(22)14(11-19)15-8-4-5-9-20-15/h4-5,8-9,13-14H,6-7,10,12H2,1-3H3/t13-,14+/m1/s1. The van der Waals surface area contributed by atoms with E-state index in [4.69, 9.17) is 0 Å². The van der Waals surface area contributed by atoms with Crippen LogP contribution in [0.4, 0.5) is 0 Å². The number of piperidine rings is 1. The fourth-order valence-electron chi connectivity index (χ4n) is 2.93. The number of rotatable bonds is 3. The molecule has 0 aromatic carbocycles. The topological polar surface area (TPSA) is 74.1 Å². The first kappa shape index (κ1) is 17.1. The van der Waals surface area contributed by atoms with E-state index < -0.39 is 11.3 Å². The van der Waals surface area contributed by atoms with Gasteiger partial charge < -0.3 is 4.90 Å². The van der Waals surface area contributed by atoms with Crippen molar-refractivity contribution < 1.29 is 9.59 Å². The number of pyridine rings is 1. The zero-order valence-corrected chi connectivity index (χ0v) is 14.0. The van der Waals surface area contributed by atoms with Crippen molar-refractivity contribution in [2.45, 2.75) is 39.5 Å². The Kier molecular flexibility index (Phi) is 5.15. The summed E-state index contributed by atoms with van der Waals surface area (Å²) in [7, 11) is 0. The van der Waals surface area contributed by atoms with E-state index in [1.54, 1.807) is 29.3 Å². The molecule has 5 nitrogen and oxygen atoms in total. The predicted octanol–water partition coefficient (Wildman–Crippen LogP) is 2.54. The lowest BCUT2D eigenvalue weighted by atomic mass is 9.84. The van der Waals surface area contributed by atoms with Gasteiger partial charge in [0.2, 0.25) is 5.91 Å². The van der Waals surface area contributed by atoms with E-state index >= 15 is 0 Å². The number of ketones is 1. The van der Waals surface area contributed by atoms with Gasteiger partial charge in [0.1, 0.15) is 5.92 Å². The molecule has 1 aromatic rings. The molecule has 1 saturated heterocycles.